The van der Waals surface area contributed by atoms with Gasteiger partial charge in [-0.05, 0) is 69.8 Å². The van der Waals surface area contributed by atoms with Gasteiger partial charge in [-0.25, -0.2) is 4.39 Å². The van der Waals surface area contributed by atoms with E-state index in [-0.39, 0.29) is 27.9 Å². The Morgan fingerprint density at radius 1 is 1.27 bits per heavy atom. The van der Waals surface area contributed by atoms with Crippen LogP contribution in [0.4, 0.5) is 4.39 Å². The molecular formula is C19H25ClFN3O2. The van der Waals surface area contributed by atoms with Crippen molar-refractivity contribution in [1.82, 2.24) is 15.5 Å². The lowest BCUT2D eigenvalue weighted by molar-refractivity contribution is -0.123. The maximum Gasteiger partial charge on any atom is 0.251 e. The largest absolute Gasteiger partial charge is 0.352 e. The molecule has 1 aromatic rings. The van der Waals surface area contributed by atoms with E-state index < -0.39 is 5.82 Å². The Labute approximate surface area is 158 Å². The van der Waals surface area contributed by atoms with Crippen LogP contribution in [0.1, 0.15) is 43.0 Å². The van der Waals surface area contributed by atoms with E-state index in [0.29, 0.717) is 19.0 Å². The van der Waals surface area contributed by atoms with Crippen LogP contribution in [0.2, 0.25) is 5.02 Å². The van der Waals surface area contributed by atoms with Crippen LogP contribution in [0.15, 0.2) is 18.2 Å². The molecule has 0 radical (unpaired) electrons. The van der Waals surface area contributed by atoms with Crippen molar-refractivity contribution in [3.05, 3.63) is 34.6 Å². The molecule has 2 amide bonds. The Bertz CT molecular complexity index is 665. The van der Waals surface area contributed by atoms with E-state index in [0.717, 1.165) is 38.8 Å². The lowest BCUT2D eigenvalue weighted by Gasteiger charge is -2.31. The molecule has 1 aromatic carbocycles. The standard InChI is InChI=1S/C19H25ClFN3O2/c1-19(4-5-19)23-17(25)12-24-6-2-13(3-7-24)11-22-18(26)14-8-15(20)10-16(21)9-14/h8-10,13H,2-7,11-12H2,1H3,(H,22,26)(H,23,25). The van der Waals surface area contributed by atoms with Gasteiger partial charge in [-0.1, -0.05) is 11.6 Å². The van der Waals surface area contributed by atoms with E-state index in [1.54, 1.807) is 0 Å². The summed E-state index contributed by atoms with van der Waals surface area (Å²) in [7, 11) is 0. The first-order valence-electron chi connectivity index (χ1n) is 9.11. The number of likely N-dealkylation sites (tertiary alicyclic amines) is 1. The smallest absolute Gasteiger partial charge is 0.251 e. The maximum atomic E-state index is 13.3. The second-order valence-electron chi connectivity index (χ2n) is 7.70. The number of hydrogen-bond acceptors (Lipinski definition) is 3. The number of carbonyl (C=O) groups excluding carboxylic acids is 2. The summed E-state index contributed by atoms with van der Waals surface area (Å²) in [6.45, 7) is 4.75. The minimum atomic E-state index is -0.519. The molecule has 2 fully saturated rings. The van der Waals surface area contributed by atoms with Crippen LogP contribution >= 0.6 is 11.6 Å². The lowest BCUT2D eigenvalue weighted by Crippen LogP contribution is -2.45. The lowest BCUT2D eigenvalue weighted by atomic mass is 9.96. The van der Waals surface area contributed by atoms with Crippen molar-refractivity contribution in [3.63, 3.8) is 0 Å². The summed E-state index contributed by atoms with van der Waals surface area (Å²) in [6, 6.07) is 3.82. The van der Waals surface area contributed by atoms with Gasteiger partial charge >= 0.3 is 0 Å². The Kier molecular flexibility index (Phi) is 5.82. The monoisotopic (exact) mass is 381 g/mol. The van der Waals surface area contributed by atoms with Gasteiger partial charge in [0.15, 0.2) is 0 Å². The molecule has 26 heavy (non-hydrogen) atoms. The molecule has 7 heteroatoms. The number of nitrogens with zero attached hydrogens (tertiary/aromatic N) is 1. The van der Waals surface area contributed by atoms with E-state index in [2.05, 4.69) is 22.5 Å². The van der Waals surface area contributed by atoms with Crippen molar-refractivity contribution in [3.8, 4) is 0 Å². The quantitative estimate of drug-likeness (QED) is 0.796. The van der Waals surface area contributed by atoms with Crippen molar-refractivity contribution in [2.45, 2.75) is 38.1 Å². The van der Waals surface area contributed by atoms with E-state index in [1.807, 2.05) is 0 Å². The molecule has 1 aliphatic heterocycles. The SMILES string of the molecule is CC1(NC(=O)CN2CCC(CNC(=O)c3cc(F)cc(Cl)c3)CC2)CC1. The fourth-order valence-corrected chi connectivity index (χ4v) is 3.49. The summed E-state index contributed by atoms with van der Waals surface area (Å²) in [5.74, 6) is -0.372. The van der Waals surface area contributed by atoms with Crippen molar-refractivity contribution >= 4 is 23.4 Å². The minimum absolute atomic E-state index is 0.0273. The predicted octanol–water partition coefficient (Wildman–Crippen LogP) is 2.59. The van der Waals surface area contributed by atoms with Crippen LogP contribution in [-0.4, -0.2) is 48.4 Å². The number of amides is 2. The molecule has 5 nitrogen and oxygen atoms in total. The Morgan fingerprint density at radius 3 is 2.58 bits per heavy atom. The molecule has 2 N–H and O–H groups in total. The first-order valence-corrected chi connectivity index (χ1v) is 9.48. The number of rotatable bonds is 6. The Balaban J connectivity index is 1.38. The summed E-state index contributed by atoms with van der Waals surface area (Å²) in [5, 5.41) is 6.14. The van der Waals surface area contributed by atoms with Crippen LogP contribution in [0, 0.1) is 11.7 Å². The van der Waals surface area contributed by atoms with Crippen LogP contribution in [0.5, 0.6) is 0 Å². The highest BCUT2D eigenvalue weighted by atomic mass is 35.5. The highest BCUT2D eigenvalue weighted by Gasteiger charge is 2.38. The van der Waals surface area contributed by atoms with E-state index in [4.69, 9.17) is 11.6 Å². The van der Waals surface area contributed by atoms with Crippen LogP contribution < -0.4 is 10.6 Å². The molecule has 0 aromatic heterocycles. The topological polar surface area (TPSA) is 61.4 Å². The molecule has 0 unspecified atom stereocenters. The van der Waals surface area contributed by atoms with Crippen LogP contribution in [0.25, 0.3) is 0 Å². The average molecular weight is 382 g/mol. The van der Waals surface area contributed by atoms with Crippen LogP contribution in [0.3, 0.4) is 0 Å². The van der Waals surface area contributed by atoms with Crippen molar-refractivity contribution in [1.29, 1.82) is 0 Å². The third-order valence-corrected chi connectivity index (χ3v) is 5.41. The second kappa shape index (κ2) is 7.92. The molecule has 0 atom stereocenters. The molecule has 1 saturated carbocycles. The number of hydrogen-bond donors (Lipinski definition) is 2. The van der Waals surface area contributed by atoms with Gasteiger partial charge in [0.25, 0.3) is 5.91 Å². The number of piperidine rings is 1. The van der Waals surface area contributed by atoms with Gasteiger partial charge in [-0.15, -0.1) is 0 Å². The molecule has 142 valence electrons. The second-order valence-corrected chi connectivity index (χ2v) is 8.13. The average Bonchev–Trinajstić information content (AvgIpc) is 3.29. The fourth-order valence-electron chi connectivity index (χ4n) is 3.26. The highest BCUT2D eigenvalue weighted by Crippen LogP contribution is 2.34. The van der Waals surface area contributed by atoms with Gasteiger partial charge in [0, 0.05) is 22.7 Å². The molecule has 0 bridgehead atoms. The third-order valence-electron chi connectivity index (χ3n) is 5.19. The maximum absolute atomic E-state index is 13.3. The third kappa shape index (κ3) is 5.42. The summed E-state index contributed by atoms with van der Waals surface area (Å²) in [6.07, 6.45) is 3.98. The normalized spacial score (nSPS) is 19.8. The van der Waals surface area contributed by atoms with Crippen molar-refractivity contribution < 1.29 is 14.0 Å². The Morgan fingerprint density at radius 2 is 1.96 bits per heavy atom. The molecular weight excluding hydrogens is 357 g/mol. The zero-order valence-corrected chi connectivity index (χ0v) is 15.7. The molecule has 3 rings (SSSR count). The van der Waals surface area contributed by atoms with E-state index in [9.17, 15) is 14.0 Å². The van der Waals surface area contributed by atoms with Gasteiger partial charge in [0.05, 0.1) is 6.54 Å². The predicted molar refractivity (Wildman–Crippen MR) is 98.7 cm³/mol. The first-order chi connectivity index (χ1) is 12.3. The van der Waals surface area contributed by atoms with Gasteiger partial charge in [0.1, 0.15) is 5.82 Å². The molecule has 0 spiro atoms. The zero-order valence-electron chi connectivity index (χ0n) is 15.0. The molecule has 1 saturated heterocycles. The molecule has 1 heterocycles. The highest BCUT2D eigenvalue weighted by molar-refractivity contribution is 6.31. The Hall–Kier alpha value is -1.66. The molecule has 1 aliphatic carbocycles. The van der Waals surface area contributed by atoms with Crippen molar-refractivity contribution in [2.75, 3.05) is 26.2 Å². The minimum Gasteiger partial charge on any atom is -0.352 e. The van der Waals surface area contributed by atoms with Gasteiger partial charge in [0.2, 0.25) is 5.91 Å². The first kappa shape index (κ1) is 19.1. The zero-order chi connectivity index (χ0) is 18.7. The van der Waals surface area contributed by atoms with Crippen LogP contribution in [-0.2, 0) is 4.79 Å². The van der Waals surface area contributed by atoms with Crippen molar-refractivity contribution in [2.24, 2.45) is 5.92 Å². The summed E-state index contributed by atoms with van der Waals surface area (Å²) >= 11 is 5.79. The number of halogens is 2. The van der Waals surface area contributed by atoms with E-state index >= 15 is 0 Å². The summed E-state index contributed by atoms with van der Waals surface area (Å²) in [4.78, 5) is 26.3. The number of carbonyl (C=O) groups is 2. The summed E-state index contributed by atoms with van der Waals surface area (Å²) in [5.41, 5.74) is 0.261. The van der Waals surface area contributed by atoms with Gasteiger partial charge in [-0.2, -0.15) is 0 Å². The fraction of sp³-hybridized carbons (Fsp3) is 0.579. The summed E-state index contributed by atoms with van der Waals surface area (Å²) < 4.78 is 13.3. The van der Waals surface area contributed by atoms with E-state index in [1.165, 1.54) is 18.2 Å². The number of benzene rings is 1. The van der Waals surface area contributed by atoms with Gasteiger partial charge < -0.3 is 10.6 Å². The van der Waals surface area contributed by atoms with Gasteiger partial charge in [-0.3, -0.25) is 14.5 Å². The molecule has 2 aliphatic rings. The number of nitrogens with one attached hydrogen (secondary N) is 2.